The standard InChI is InChI=1S/C12H23IO4S/c1-12(2,5-10-17-18-13)4-9-15-7-3-8-16-11-6-14/h6H,3-5,7-11H2,1-2H3. The molecule has 0 aromatic rings. The quantitative estimate of drug-likeness (QED) is 0.209. The van der Waals surface area contributed by atoms with Gasteiger partial charge in [-0.1, -0.05) is 13.8 Å². The van der Waals surface area contributed by atoms with Gasteiger partial charge in [0, 0.05) is 41.0 Å². The number of aldehydes is 1. The van der Waals surface area contributed by atoms with Crippen LogP contribution in [0.4, 0.5) is 0 Å². The first-order valence-corrected chi connectivity index (χ1v) is 9.40. The number of hydrogen-bond donors (Lipinski definition) is 0. The van der Waals surface area contributed by atoms with Gasteiger partial charge in [0.25, 0.3) is 0 Å². The van der Waals surface area contributed by atoms with Crippen LogP contribution < -0.4 is 0 Å². The van der Waals surface area contributed by atoms with Crippen molar-refractivity contribution in [3.8, 4) is 0 Å². The molecule has 0 aromatic carbocycles. The first kappa shape index (κ1) is 18.6. The summed E-state index contributed by atoms with van der Waals surface area (Å²) >= 11 is 2.13. The molecule has 0 aliphatic rings. The van der Waals surface area contributed by atoms with E-state index in [1.165, 1.54) is 9.21 Å². The Kier molecular flexibility index (Phi) is 13.1. The fourth-order valence-corrected chi connectivity index (χ4v) is 2.01. The molecule has 0 heterocycles. The highest BCUT2D eigenvalue weighted by Crippen LogP contribution is 2.26. The molecule has 6 heteroatoms. The zero-order valence-corrected chi connectivity index (χ0v) is 14.1. The van der Waals surface area contributed by atoms with Crippen LogP contribution in [0.1, 0.15) is 33.1 Å². The van der Waals surface area contributed by atoms with Gasteiger partial charge in [-0.25, -0.2) is 0 Å². The normalized spacial score (nSPS) is 11.7. The van der Waals surface area contributed by atoms with Gasteiger partial charge in [-0.15, -0.1) is 0 Å². The summed E-state index contributed by atoms with van der Waals surface area (Å²) in [5.41, 5.74) is 0.250. The topological polar surface area (TPSA) is 44.8 Å². The minimum Gasteiger partial charge on any atom is -0.381 e. The van der Waals surface area contributed by atoms with Crippen molar-refractivity contribution in [3.05, 3.63) is 0 Å². The summed E-state index contributed by atoms with van der Waals surface area (Å²) in [7, 11) is 1.38. The number of carbonyl (C=O) groups excluding carboxylic acids is 1. The molecule has 108 valence electrons. The summed E-state index contributed by atoms with van der Waals surface area (Å²) in [4.78, 5) is 9.99. The highest BCUT2D eigenvalue weighted by atomic mass is 127. The summed E-state index contributed by atoms with van der Waals surface area (Å²) < 4.78 is 15.8. The molecular formula is C12H23IO4S. The lowest BCUT2D eigenvalue weighted by Crippen LogP contribution is -2.17. The zero-order chi connectivity index (χ0) is 13.7. The smallest absolute Gasteiger partial charge is 0.145 e. The highest BCUT2D eigenvalue weighted by molar-refractivity contribution is 14.2. The van der Waals surface area contributed by atoms with Crippen LogP contribution in [-0.4, -0.2) is 39.3 Å². The molecule has 4 nitrogen and oxygen atoms in total. The minimum atomic E-state index is 0.182. The maximum Gasteiger partial charge on any atom is 0.145 e. The lowest BCUT2D eigenvalue weighted by atomic mass is 9.86. The van der Waals surface area contributed by atoms with E-state index >= 15 is 0 Å². The summed E-state index contributed by atoms with van der Waals surface area (Å²) in [5, 5.41) is 0. The fourth-order valence-electron chi connectivity index (χ4n) is 1.32. The van der Waals surface area contributed by atoms with Crippen molar-refractivity contribution in [1.82, 2.24) is 0 Å². The van der Waals surface area contributed by atoms with Crippen molar-refractivity contribution in [1.29, 1.82) is 0 Å². The molecular weight excluding hydrogens is 367 g/mol. The van der Waals surface area contributed by atoms with Gasteiger partial charge < -0.3 is 18.5 Å². The molecule has 0 saturated heterocycles. The fraction of sp³-hybridized carbons (Fsp3) is 0.917. The largest absolute Gasteiger partial charge is 0.381 e. The zero-order valence-electron chi connectivity index (χ0n) is 11.2. The second-order valence-electron chi connectivity index (χ2n) is 4.76. The summed E-state index contributed by atoms with van der Waals surface area (Å²) in [6.07, 6.45) is 3.66. The van der Waals surface area contributed by atoms with Crippen LogP contribution in [0.3, 0.4) is 0 Å². The SMILES string of the molecule is CC(C)(CCOCCCOCC=O)CCOSI. The van der Waals surface area contributed by atoms with E-state index in [1.54, 1.807) is 0 Å². The molecule has 18 heavy (non-hydrogen) atoms. The predicted octanol–water partition coefficient (Wildman–Crippen LogP) is 3.43. The lowest BCUT2D eigenvalue weighted by Gasteiger charge is -2.23. The van der Waals surface area contributed by atoms with Crippen LogP contribution in [0.5, 0.6) is 0 Å². The monoisotopic (exact) mass is 390 g/mol. The van der Waals surface area contributed by atoms with E-state index in [-0.39, 0.29) is 12.0 Å². The number of rotatable bonds is 13. The van der Waals surface area contributed by atoms with Crippen LogP contribution >= 0.6 is 30.4 Å². The molecule has 0 unspecified atom stereocenters. The van der Waals surface area contributed by atoms with Crippen LogP contribution in [0.25, 0.3) is 0 Å². The molecule has 0 aliphatic heterocycles. The number of hydrogen-bond acceptors (Lipinski definition) is 5. The third-order valence-electron chi connectivity index (χ3n) is 2.59. The minimum absolute atomic E-state index is 0.182. The summed E-state index contributed by atoms with van der Waals surface area (Å²) in [6.45, 7) is 7.45. The summed E-state index contributed by atoms with van der Waals surface area (Å²) in [5.74, 6) is 0. The molecule has 0 atom stereocenters. The van der Waals surface area contributed by atoms with E-state index < -0.39 is 0 Å². The maximum atomic E-state index is 9.99. The van der Waals surface area contributed by atoms with E-state index in [0.717, 1.165) is 38.8 Å². The molecule has 0 amide bonds. The molecule has 0 aromatic heterocycles. The van der Waals surface area contributed by atoms with E-state index in [4.69, 9.17) is 13.7 Å². The van der Waals surface area contributed by atoms with Crippen molar-refractivity contribution in [2.45, 2.75) is 33.1 Å². The highest BCUT2D eigenvalue weighted by Gasteiger charge is 2.17. The molecule has 0 N–H and O–H groups in total. The van der Waals surface area contributed by atoms with Crippen molar-refractivity contribution in [2.24, 2.45) is 5.41 Å². The lowest BCUT2D eigenvalue weighted by molar-refractivity contribution is -0.112. The van der Waals surface area contributed by atoms with E-state index in [2.05, 4.69) is 35.1 Å². The Hall–Kier alpha value is 0.630. The van der Waals surface area contributed by atoms with E-state index in [1.807, 2.05) is 0 Å². The third kappa shape index (κ3) is 13.1. The average Bonchev–Trinajstić information content (AvgIpc) is 2.33. The summed E-state index contributed by atoms with van der Waals surface area (Å²) in [6, 6.07) is 0. The van der Waals surface area contributed by atoms with E-state index in [9.17, 15) is 4.79 Å². The molecule has 0 fully saturated rings. The van der Waals surface area contributed by atoms with Gasteiger partial charge in [0.05, 0.1) is 15.8 Å². The van der Waals surface area contributed by atoms with Gasteiger partial charge in [0.1, 0.15) is 12.9 Å². The Morgan fingerprint density at radius 1 is 1.11 bits per heavy atom. The van der Waals surface area contributed by atoms with Gasteiger partial charge in [0.2, 0.25) is 0 Å². The Morgan fingerprint density at radius 3 is 2.44 bits per heavy atom. The average molecular weight is 390 g/mol. The van der Waals surface area contributed by atoms with E-state index in [0.29, 0.717) is 13.2 Å². The third-order valence-corrected chi connectivity index (χ3v) is 3.61. The Bertz CT molecular complexity index is 203. The molecule has 0 saturated carbocycles. The van der Waals surface area contributed by atoms with Crippen molar-refractivity contribution < 1.29 is 18.5 Å². The number of carbonyl (C=O) groups is 1. The maximum absolute atomic E-state index is 9.99. The van der Waals surface area contributed by atoms with Gasteiger partial charge in [0.15, 0.2) is 0 Å². The second kappa shape index (κ2) is 12.7. The second-order valence-corrected chi connectivity index (χ2v) is 6.20. The Labute approximate surface area is 126 Å². The molecule has 0 spiro atoms. The number of halogens is 1. The van der Waals surface area contributed by atoms with Crippen LogP contribution in [0, 0.1) is 5.41 Å². The first-order valence-electron chi connectivity index (χ1n) is 6.12. The molecule has 0 rings (SSSR count). The number of ether oxygens (including phenoxy) is 2. The van der Waals surface area contributed by atoms with Crippen LogP contribution in [-0.2, 0) is 18.5 Å². The first-order chi connectivity index (χ1) is 8.62. The Morgan fingerprint density at radius 2 is 1.78 bits per heavy atom. The van der Waals surface area contributed by atoms with Crippen molar-refractivity contribution in [3.63, 3.8) is 0 Å². The predicted molar refractivity (Wildman–Crippen MR) is 82.9 cm³/mol. The van der Waals surface area contributed by atoms with Crippen molar-refractivity contribution >= 4 is 36.7 Å². The van der Waals surface area contributed by atoms with Gasteiger partial charge in [-0.3, -0.25) is 0 Å². The van der Waals surface area contributed by atoms with Crippen molar-refractivity contribution in [2.75, 3.05) is 33.0 Å². The Balaban J connectivity index is 3.32. The van der Waals surface area contributed by atoms with Gasteiger partial charge >= 0.3 is 0 Å². The molecule has 0 bridgehead atoms. The molecule has 0 aliphatic carbocycles. The van der Waals surface area contributed by atoms with Gasteiger partial charge in [-0.2, -0.15) is 0 Å². The van der Waals surface area contributed by atoms with Gasteiger partial charge in [-0.05, 0) is 24.7 Å². The van der Waals surface area contributed by atoms with Crippen LogP contribution in [0.2, 0.25) is 0 Å². The molecule has 0 radical (unpaired) electrons. The van der Waals surface area contributed by atoms with Crippen LogP contribution in [0.15, 0.2) is 0 Å².